The molecule has 2 heterocycles. The molecular weight excluding hydrogens is 523 g/mol. The number of aromatic nitrogens is 2. The van der Waals surface area contributed by atoms with Crippen LogP contribution in [0.1, 0.15) is 49.8 Å². The minimum absolute atomic E-state index is 0.153. The van der Waals surface area contributed by atoms with E-state index in [1.54, 1.807) is 0 Å². The summed E-state index contributed by atoms with van der Waals surface area (Å²) in [6.45, 7) is 1.29. The molecule has 162 valence electrons. The van der Waals surface area contributed by atoms with E-state index in [0.29, 0.717) is 12.5 Å². The SMILES string of the molecule is Clc1nc(C(COC2CCCCO2)(CC2CC2)c2ccccc2)c2cc(I)ccc2n1. The molecule has 5 rings (SSSR count). The molecule has 2 aliphatic rings. The highest BCUT2D eigenvalue weighted by Crippen LogP contribution is 2.47. The molecule has 1 aromatic heterocycles. The second-order valence-corrected chi connectivity index (χ2v) is 10.3. The van der Waals surface area contributed by atoms with Crippen molar-refractivity contribution in [3.05, 3.63) is 68.6 Å². The quantitative estimate of drug-likeness (QED) is 0.249. The minimum Gasteiger partial charge on any atom is -0.353 e. The molecule has 2 unspecified atom stereocenters. The average Bonchev–Trinajstić information content (AvgIpc) is 3.62. The van der Waals surface area contributed by atoms with Crippen molar-refractivity contribution in [1.82, 2.24) is 9.97 Å². The summed E-state index contributed by atoms with van der Waals surface area (Å²) in [7, 11) is 0. The first-order chi connectivity index (χ1) is 15.1. The Labute approximate surface area is 201 Å². The van der Waals surface area contributed by atoms with Crippen molar-refractivity contribution >= 4 is 45.1 Å². The van der Waals surface area contributed by atoms with Gasteiger partial charge in [-0.3, -0.25) is 0 Å². The Morgan fingerprint density at radius 1 is 1.06 bits per heavy atom. The topological polar surface area (TPSA) is 44.2 Å². The van der Waals surface area contributed by atoms with Crippen LogP contribution in [0, 0.1) is 9.49 Å². The number of nitrogens with zero attached hydrogens (tertiary/aromatic N) is 2. The highest BCUT2D eigenvalue weighted by molar-refractivity contribution is 14.1. The van der Waals surface area contributed by atoms with Crippen molar-refractivity contribution in [2.75, 3.05) is 13.2 Å². The summed E-state index contributed by atoms with van der Waals surface area (Å²) in [6.07, 6.45) is 6.53. The van der Waals surface area contributed by atoms with Gasteiger partial charge in [0.05, 0.1) is 23.2 Å². The third kappa shape index (κ3) is 4.75. The second-order valence-electron chi connectivity index (χ2n) is 8.71. The van der Waals surface area contributed by atoms with Crippen molar-refractivity contribution in [3.8, 4) is 0 Å². The van der Waals surface area contributed by atoms with Crippen LogP contribution < -0.4 is 0 Å². The van der Waals surface area contributed by atoms with Gasteiger partial charge >= 0.3 is 0 Å². The molecule has 0 amide bonds. The summed E-state index contributed by atoms with van der Waals surface area (Å²) >= 11 is 8.82. The number of benzene rings is 2. The summed E-state index contributed by atoms with van der Waals surface area (Å²) < 4.78 is 13.5. The number of ether oxygens (including phenoxy) is 2. The smallest absolute Gasteiger partial charge is 0.223 e. The summed E-state index contributed by atoms with van der Waals surface area (Å²) in [5, 5.41) is 1.34. The van der Waals surface area contributed by atoms with Crippen LogP contribution in [0.2, 0.25) is 5.28 Å². The van der Waals surface area contributed by atoms with E-state index in [-0.39, 0.29) is 11.6 Å². The number of halogens is 2. The van der Waals surface area contributed by atoms with Crippen LogP contribution in [0.15, 0.2) is 48.5 Å². The van der Waals surface area contributed by atoms with Crippen molar-refractivity contribution < 1.29 is 9.47 Å². The molecule has 1 saturated carbocycles. The van der Waals surface area contributed by atoms with E-state index in [1.165, 1.54) is 18.4 Å². The predicted molar refractivity (Wildman–Crippen MR) is 131 cm³/mol. The number of hydrogen-bond donors (Lipinski definition) is 0. The van der Waals surface area contributed by atoms with E-state index in [4.69, 9.17) is 26.1 Å². The molecule has 2 fully saturated rings. The highest BCUT2D eigenvalue weighted by Gasteiger charge is 2.43. The van der Waals surface area contributed by atoms with Gasteiger partial charge in [-0.1, -0.05) is 43.2 Å². The average molecular weight is 549 g/mol. The van der Waals surface area contributed by atoms with Gasteiger partial charge in [0, 0.05) is 15.6 Å². The molecule has 0 N–H and O–H groups in total. The zero-order valence-corrected chi connectivity index (χ0v) is 20.3. The number of hydrogen-bond acceptors (Lipinski definition) is 4. The van der Waals surface area contributed by atoms with Crippen LogP contribution in [-0.2, 0) is 14.9 Å². The normalized spacial score (nSPS) is 21.2. The van der Waals surface area contributed by atoms with Crippen molar-refractivity contribution in [3.63, 3.8) is 0 Å². The largest absolute Gasteiger partial charge is 0.353 e. The lowest BCUT2D eigenvalue weighted by Gasteiger charge is -2.37. The van der Waals surface area contributed by atoms with Gasteiger partial charge in [-0.2, -0.15) is 0 Å². The van der Waals surface area contributed by atoms with Gasteiger partial charge in [0.25, 0.3) is 0 Å². The van der Waals surface area contributed by atoms with Crippen LogP contribution in [0.3, 0.4) is 0 Å². The van der Waals surface area contributed by atoms with E-state index in [0.717, 1.165) is 52.5 Å². The van der Waals surface area contributed by atoms with E-state index in [9.17, 15) is 0 Å². The van der Waals surface area contributed by atoms with Crippen molar-refractivity contribution in [2.45, 2.75) is 50.2 Å². The highest BCUT2D eigenvalue weighted by atomic mass is 127. The lowest BCUT2D eigenvalue weighted by atomic mass is 9.72. The van der Waals surface area contributed by atoms with Crippen molar-refractivity contribution in [2.24, 2.45) is 5.92 Å². The lowest BCUT2D eigenvalue weighted by molar-refractivity contribution is -0.170. The lowest BCUT2D eigenvalue weighted by Crippen LogP contribution is -2.38. The summed E-state index contributed by atoms with van der Waals surface area (Å²) in [4.78, 5) is 9.38. The third-order valence-corrected chi connectivity index (χ3v) is 7.24. The zero-order valence-electron chi connectivity index (χ0n) is 17.4. The molecule has 3 aromatic rings. The van der Waals surface area contributed by atoms with Gasteiger partial charge in [-0.15, -0.1) is 0 Å². The van der Waals surface area contributed by atoms with E-state index in [2.05, 4.69) is 70.0 Å². The van der Waals surface area contributed by atoms with Crippen LogP contribution in [0.4, 0.5) is 0 Å². The Bertz CT molecular complexity index is 1050. The van der Waals surface area contributed by atoms with Crippen LogP contribution >= 0.6 is 34.2 Å². The molecule has 0 bridgehead atoms. The standard InChI is InChI=1S/C25H26ClIN2O2/c26-24-28-21-12-11-19(27)14-20(21)23(29-24)25(15-17-9-10-17,18-6-2-1-3-7-18)16-31-22-8-4-5-13-30-22/h1-3,6-7,11-12,14,17,22H,4-5,8-10,13,15-16H2. The number of rotatable bonds is 7. The minimum atomic E-state index is -0.404. The fourth-order valence-electron chi connectivity index (χ4n) is 4.65. The maximum Gasteiger partial charge on any atom is 0.223 e. The molecule has 1 saturated heterocycles. The van der Waals surface area contributed by atoms with Gasteiger partial charge in [0.15, 0.2) is 6.29 Å². The summed E-state index contributed by atoms with van der Waals surface area (Å²) in [6, 6.07) is 16.9. The Hall–Kier alpha value is -1.28. The van der Waals surface area contributed by atoms with Crippen LogP contribution in [0.25, 0.3) is 10.9 Å². The number of fused-ring (bicyclic) bond motifs is 1. The summed E-state index contributed by atoms with van der Waals surface area (Å²) in [5.74, 6) is 0.669. The molecule has 1 aliphatic heterocycles. The first-order valence-electron chi connectivity index (χ1n) is 11.1. The van der Waals surface area contributed by atoms with E-state index >= 15 is 0 Å². The molecule has 1 aliphatic carbocycles. The maximum absolute atomic E-state index is 6.48. The van der Waals surface area contributed by atoms with Gasteiger partial charge in [0.1, 0.15) is 0 Å². The second kappa shape index (κ2) is 9.30. The van der Waals surface area contributed by atoms with E-state index < -0.39 is 5.41 Å². The van der Waals surface area contributed by atoms with E-state index in [1.807, 2.05) is 6.07 Å². The Kier molecular flexibility index (Phi) is 6.47. The zero-order chi connectivity index (χ0) is 21.3. The van der Waals surface area contributed by atoms with Crippen molar-refractivity contribution in [1.29, 1.82) is 0 Å². The van der Waals surface area contributed by atoms with Gasteiger partial charge in [-0.05, 0) is 89.6 Å². The molecule has 6 heteroatoms. The van der Waals surface area contributed by atoms with Gasteiger partial charge in [0.2, 0.25) is 5.28 Å². The Morgan fingerprint density at radius 3 is 2.65 bits per heavy atom. The first kappa shape index (κ1) is 21.6. The van der Waals surface area contributed by atoms with Crippen LogP contribution in [0.5, 0.6) is 0 Å². The fraction of sp³-hybridized carbons (Fsp3) is 0.440. The summed E-state index contributed by atoms with van der Waals surface area (Å²) in [5.41, 5.74) is 2.65. The molecule has 0 radical (unpaired) electrons. The Morgan fingerprint density at radius 2 is 1.90 bits per heavy atom. The molecule has 2 atom stereocenters. The van der Waals surface area contributed by atoms with Crippen LogP contribution in [-0.4, -0.2) is 29.5 Å². The molecule has 2 aromatic carbocycles. The monoisotopic (exact) mass is 548 g/mol. The Balaban J connectivity index is 1.67. The molecule has 4 nitrogen and oxygen atoms in total. The maximum atomic E-state index is 6.48. The molecular formula is C25H26ClIN2O2. The van der Waals surface area contributed by atoms with Gasteiger partial charge in [-0.25, -0.2) is 9.97 Å². The third-order valence-electron chi connectivity index (χ3n) is 6.40. The predicted octanol–water partition coefficient (Wildman–Crippen LogP) is 6.52. The molecule has 0 spiro atoms. The van der Waals surface area contributed by atoms with Gasteiger partial charge < -0.3 is 9.47 Å². The fourth-order valence-corrected chi connectivity index (χ4v) is 5.32. The molecule has 31 heavy (non-hydrogen) atoms. The first-order valence-corrected chi connectivity index (χ1v) is 12.5.